The number of hydrogen-bond acceptors (Lipinski definition) is 2. The number of rotatable bonds is 4. The molecule has 0 radical (unpaired) electrons. The van der Waals surface area contributed by atoms with Crippen molar-refractivity contribution in [1.29, 1.82) is 0 Å². The second-order valence-corrected chi connectivity index (χ2v) is 6.10. The van der Waals surface area contributed by atoms with E-state index < -0.39 is 0 Å². The van der Waals surface area contributed by atoms with Crippen molar-refractivity contribution < 1.29 is 0 Å². The Balaban J connectivity index is 1.76. The molecule has 1 aliphatic heterocycles. The van der Waals surface area contributed by atoms with E-state index in [-0.39, 0.29) is 0 Å². The summed E-state index contributed by atoms with van der Waals surface area (Å²) in [5, 5.41) is 3.31. The minimum atomic E-state index is 0.464. The molecule has 1 fully saturated rings. The third kappa shape index (κ3) is 4.80. The molecule has 4 nitrogen and oxygen atoms in total. The van der Waals surface area contributed by atoms with Gasteiger partial charge >= 0.3 is 0 Å². The van der Waals surface area contributed by atoms with Gasteiger partial charge in [-0.3, -0.25) is 9.89 Å². The van der Waals surface area contributed by atoms with Gasteiger partial charge in [-0.05, 0) is 37.5 Å². The number of likely N-dealkylation sites (tertiary alicyclic amines) is 1. The van der Waals surface area contributed by atoms with Gasteiger partial charge in [-0.15, -0.1) is 0 Å². The van der Waals surface area contributed by atoms with Gasteiger partial charge in [-0.2, -0.15) is 0 Å². The normalized spacial score (nSPS) is 18.2. The molecule has 20 heavy (non-hydrogen) atoms. The van der Waals surface area contributed by atoms with Crippen molar-refractivity contribution in [2.75, 3.05) is 19.6 Å². The van der Waals surface area contributed by atoms with E-state index in [1.54, 1.807) is 0 Å². The maximum Gasteiger partial charge on any atom is 0.188 e. The van der Waals surface area contributed by atoms with Crippen LogP contribution in [0, 0.1) is 0 Å². The zero-order valence-electron chi connectivity index (χ0n) is 12.0. The Bertz CT molecular complexity index is 436. The van der Waals surface area contributed by atoms with Crippen LogP contribution in [0.3, 0.4) is 0 Å². The lowest BCUT2D eigenvalue weighted by atomic mass is 10.0. The molecular formula is C15H23BrN4. The summed E-state index contributed by atoms with van der Waals surface area (Å²) in [7, 11) is 0. The van der Waals surface area contributed by atoms with Gasteiger partial charge in [0.2, 0.25) is 0 Å². The SMILES string of the molecule is CCN=C(N)NC1CCN(Cc2ccc(Br)cc2)CC1. The van der Waals surface area contributed by atoms with Crippen LogP contribution in [0.4, 0.5) is 0 Å². The smallest absolute Gasteiger partial charge is 0.188 e. The summed E-state index contributed by atoms with van der Waals surface area (Å²) in [6, 6.07) is 9.03. The minimum absolute atomic E-state index is 0.464. The molecule has 1 aliphatic rings. The molecule has 1 aromatic rings. The Morgan fingerprint density at radius 3 is 2.60 bits per heavy atom. The van der Waals surface area contributed by atoms with E-state index in [0.29, 0.717) is 12.0 Å². The molecule has 0 spiro atoms. The summed E-state index contributed by atoms with van der Waals surface area (Å²) in [5.41, 5.74) is 7.18. The van der Waals surface area contributed by atoms with Gasteiger partial charge in [-0.25, -0.2) is 0 Å². The number of nitrogens with two attached hydrogens (primary N) is 1. The predicted molar refractivity (Wildman–Crippen MR) is 87.7 cm³/mol. The number of benzene rings is 1. The van der Waals surface area contributed by atoms with E-state index >= 15 is 0 Å². The highest BCUT2D eigenvalue weighted by atomic mass is 79.9. The standard InChI is InChI=1S/C15H23BrN4/c1-2-18-15(17)19-14-7-9-20(10-8-14)11-12-3-5-13(16)6-4-12/h3-6,14H,2,7-11H2,1H3,(H3,17,18,19). The van der Waals surface area contributed by atoms with Crippen LogP contribution in [-0.2, 0) is 6.54 Å². The second kappa shape index (κ2) is 7.64. The summed E-state index contributed by atoms with van der Waals surface area (Å²) >= 11 is 3.47. The molecule has 0 aromatic heterocycles. The van der Waals surface area contributed by atoms with Crippen LogP contribution in [0.15, 0.2) is 33.7 Å². The molecule has 110 valence electrons. The number of halogens is 1. The first-order valence-corrected chi connectivity index (χ1v) is 8.00. The van der Waals surface area contributed by atoms with Crippen LogP contribution < -0.4 is 11.1 Å². The summed E-state index contributed by atoms with van der Waals surface area (Å²) in [4.78, 5) is 6.67. The largest absolute Gasteiger partial charge is 0.370 e. The van der Waals surface area contributed by atoms with Gasteiger partial charge in [0.05, 0.1) is 0 Å². The van der Waals surface area contributed by atoms with Crippen molar-refractivity contribution >= 4 is 21.9 Å². The van der Waals surface area contributed by atoms with Crippen molar-refractivity contribution in [2.45, 2.75) is 32.4 Å². The second-order valence-electron chi connectivity index (χ2n) is 5.18. The molecule has 1 saturated heterocycles. The van der Waals surface area contributed by atoms with E-state index in [4.69, 9.17) is 5.73 Å². The van der Waals surface area contributed by atoms with Crippen molar-refractivity contribution in [3.8, 4) is 0 Å². The summed E-state index contributed by atoms with van der Waals surface area (Å²) < 4.78 is 1.13. The average molecular weight is 339 g/mol. The lowest BCUT2D eigenvalue weighted by Crippen LogP contribution is -2.46. The molecule has 1 aromatic carbocycles. The fourth-order valence-corrected chi connectivity index (χ4v) is 2.77. The molecule has 1 heterocycles. The monoisotopic (exact) mass is 338 g/mol. The van der Waals surface area contributed by atoms with Crippen LogP contribution in [0.5, 0.6) is 0 Å². The maximum atomic E-state index is 5.81. The van der Waals surface area contributed by atoms with E-state index in [1.165, 1.54) is 5.56 Å². The van der Waals surface area contributed by atoms with E-state index in [1.807, 2.05) is 6.92 Å². The maximum absolute atomic E-state index is 5.81. The van der Waals surface area contributed by atoms with Gasteiger partial charge in [0, 0.05) is 36.7 Å². The first-order valence-electron chi connectivity index (χ1n) is 7.20. The summed E-state index contributed by atoms with van der Waals surface area (Å²) in [5.74, 6) is 0.582. The van der Waals surface area contributed by atoms with Crippen LogP contribution >= 0.6 is 15.9 Å². The molecule has 0 amide bonds. The third-order valence-corrected chi connectivity index (χ3v) is 4.12. The number of nitrogens with zero attached hydrogens (tertiary/aromatic N) is 2. The van der Waals surface area contributed by atoms with E-state index in [9.17, 15) is 0 Å². The number of aliphatic imine (C=N–C) groups is 1. The zero-order chi connectivity index (χ0) is 14.4. The van der Waals surface area contributed by atoms with Gasteiger partial charge < -0.3 is 11.1 Å². The van der Waals surface area contributed by atoms with Crippen LogP contribution in [0.2, 0.25) is 0 Å². The third-order valence-electron chi connectivity index (χ3n) is 3.59. The Kier molecular flexibility index (Phi) is 5.86. The number of nitrogens with one attached hydrogen (secondary N) is 1. The van der Waals surface area contributed by atoms with Crippen molar-refractivity contribution in [3.63, 3.8) is 0 Å². The van der Waals surface area contributed by atoms with E-state index in [0.717, 1.165) is 43.5 Å². The Morgan fingerprint density at radius 1 is 1.35 bits per heavy atom. The van der Waals surface area contributed by atoms with Crippen LogP contribution in [0.1, 0.15) is 25.3 Å². The highest BCUT2D eigenvalue weighted by molar-refractivity contribution is 9.10. The number of hydrogen-bond donors (Lipinski definition) is 2. The molecular weight excluding hydrogens is 316 g/mol. The van der Waals surface area contributed by atoms with Gasteiger partial charge in [0.15, 0.2) is 5.96 Å². The Hall–Kier alpha value is -1.07. The Labute approximate surface area is 129 Å². The van der Waals surface area contributed by atoms with Crippen molar-refractivity contribution in [1.82, 2.24) is 10.2 Å². The first-order chi connectivity index (χ1) is 9.67. The zero-order valence-corrected chi connectivity index (χ0v) is 13.6. The fraction of sp³-hybridized carbons (Fsp3) is 0.533. The predicted octanol–water partition coefficient (Wildman–Crippen LogP) is 2.34. The molecule has 0 unspecified atom stereocenters. The van der Waals surface area contributed by atoms with E-state index in [2.05, 4.69) is 55.4 Å². The average Bonchev–Trinajstić information content (AvgIpc) is 2.44. The van der Waals surface area contributed by atoms with Gasteiger partial charge in [0.25, 0.3) is 0 Å². The summed E-state index contributed by atoms with van der Waals surface area (Å²) in [6.07, 6.45) is 2.24. The molecule has 5 heteroatoms. The highest BCUT2D eigenvalue weighted by Crippen LogP contribution is 2.16. The quantitative estimate of drug-likeness (QED) is 0.654. The molecule has 0 atom stereocenters. The molecule has 0 bridgehead atoms. The van der Waals surface area contributed by atoms with Crippen molar-refractivity contribution in [3.05, 3.63) is 34.3 Å². The van der Waals surface area contributed by atoms with Gasteiger partial charge in [-0.1, -0.05) is 28.1 Å². The lowest BCUT2D eigenvalue weighted by Gasteiger charge is -2.32. The van der Waals surface area contributed by atoms with Crippen LogP contribution in [0.25, 0.3) is 0 Å². The first kappa shape index (κ1) is 15.3. The van der Waals surface area contributed by atoms with Crippen LogP contribution in [-0.4, -0.2) is 36.5 Å². The minimum Gasteiger partial charge on any atom is -0.370 e. The molecule has 3 N–H and O–H groups in total. The molecule has 2 rings (SSSR count). The number of guanidine groups is 1. The molecule has 0 saturated carbocycles. The number of piperidine rings is 1. The lowest BCUT2D eigenvalue weighted by molar-refractivity contribution is 0.199. The summed E-state index contributed by atoms with van der Waals surface area (Å²) in [6.45, 7) is 5.97. The topological polar surface area (TPSA) is 53.6 Å². The highest BCUT2D eigenvalue weighted by Gasteiger charge is 2.19. The fourth-order valence-electron chi connectivity index (χ4n) is 2.51. The van der Waals surface area contributed by atoms with Gasteiger partial charge in [0.1, 0.15) is 0 Å². The van der Waals surface area contributed by atoms with Crippen molar-refractivity contribution in [2.24, 2.45) is 10.7 Å². The Morgan fingerprint density at radius 2 is 2.00 bits per heavy atom. The molecule has 0 aliphatic carbocycles.